The molecule has 5 aromatic carbocycles. The first-order valence-corrected chi connectivity index (χ1v) is 18.1. The number of hydrogen-bond donors (Lipinski definition) is 2. The topological polar surface area (TPSA) is 139 Å². The highest BCUT2D eigenvalue weighted by Gasteiger charge is 2.57. The number of anilines is 1. The highest BCUT2D eigenvalue weighted by Crippen LogP contribution is 2.51. The van der Waals surface area contributed by atoms with Crippen molar-refractivity contribution in [2.24, 2.45) is 17.8 Å². The normalized spacial score (nSPS) is 21.3. The molecule has 5 aromatic rings. The molecule has 0 radical (unpaired) electrons. The fourth-order valence-corrected chi connectivity index (χ4v) is 8.44. The maximum atomic E-state index is 14.3. The van der Waals surface area contributed by atoms with Crippen molar-refractivity contribution in [1.82, 2.24) is 0 Å². The highest BCUT2D eigenvalue weighted by molar-refractivity contribution is 6.43. The Morgan fingerprint density at radius 2 is 1.61 bits per heavy atom. The lowest BCUT2D eigenvalue weighted by molar-refractivity contribution is -0.384. The highest BCUT2D eigenvalue weighted by atomic mass is 16.6. The van der Waals surface area contributed by atoms with E-state index in [-0.39, 0.29) is 36.5 Å². The predicted octanol–water partition coefficient (Wildman–Crippen LogP) is 7.86. The molecule has 0 aromatic heterocycles. The van der Waals surface area contributed by atoms with Gasteiger partial charge in [-0.25, -0.2) is 4.90 Å². The molecule has 0 unspecified atom stereocenters. The summed E-state index contributed by atoms with van der Waals surface area (Å²) in [4.78, 5) is 40.5. The van der Waals surface area contributed by atoms with Gasteiger partial charge in [-0.3, -0.25) is 19.7 Å². The van der Waals surface area contributed by atoms with Crippen LogP contribution in [-0.4, -0.2) is 46.7 Å². The lowest BCUT2D eigenvalue weighted by Gasteiger charge is -2.43. The quantitative estimate of drug-likeness (QED) is 0.0372. The lowest BCUT2D eigenvalue weighted by Crippen LogP contribution is -2.46. The van der Waals surface area contributed by atoms with Gasteiger partial charge in [-0.15, -0.1) is 0 Å². The molecule has 2 saturated heterocycles. The molecule has 54 heavy (non-hydrogen) atoms. The largest absolute Gasteiger partial charge is 0.507 e. The van der Waals surface area contributed by atoms with Crippen molar-refractivity contribution in [1.29, 1.82) is 0 Å². The molecule has 1 aliphatic carbocycles. The minimum Gasteiger partial charge on any atom is -0.507 e. The molecule has 270 valence electrons. The number of non-ortho nitro benzene ring substituents is 1. The number of nitro benzene ring substituents is 1. The molecule has 2 heterocycles. The van der Waals surface area contributed by atoms with Crippen LogP contribution in [0.3, 0.4) is 0 Å². The Hall–Kier alpha value is -6.04. The summed E-state index contributed by atoms with van der Waals surface area (Å²) >= 11 is 0. The first kappa shape index (κ1) is 35.0. The zero-order valence-electron chi connectivity index (χ0n) is 29.3. The van der Waals surface area contributed by atoms with Gasteiger partial charge in [0.05, 0.1) is 28.6 Å². The molecule has 0 saturated carbocycles. The summed E-state index contributed by atoms with van der Waals surface area (Å²) in [5.74, 6) is -2.02. The first-order chi connectivity index (χ1) is 26.3. The van der Waals surface area contributed by atoms with E-state index in [1.54, 1.807) is 6.07 Å². The average Bonchev–Trinajstić information content (AvgIpc) is 3.45. The average molecular weight is 721 g/mol. The summed E-state index contributed by atoms with van der Waals surface area (Å²) < 4.78 is 12.6. The first-order valence-electron chi connectivity index (χ1n) is 18.1. The Labute approximate surface area is 312 Å². The number of para-hydroxylation sites is 1. The van der Waals surface area contributed by atoms with E-state index < -0.39 is 47.7 Å². The van der Waals surface area contributed by atoms with Crippen LogP contribution in [0.15, 0.2) is 132 Å². The third-order valence-electron chi connectivity index (χ3n) is 10.8. The predicted molar refractivity (Wildman–Crippen MR) is 206 cm³/mol. The Morgan fingerprint density at radius 1 is 0.889 bits per heavy atom. The van der Waals surface area contributed by atoms with Gasteiger partial charge < -0.3 is 19.5 Å². The van der Waals surface area contributed by atoms with Crippen molar-refractivity contribution in [2.45, 2.75) is 31.7 Å². The van der Waals surface area contributed by atoms with Gasteiger partial charge in [0.1, 0.15) is 18.1 Å². The summed E-state index contributed by atoms with van der Waals surface area (Å²) in [6.45, 7) is 0.161. The van der Waals surface area contributed by atoms with E-state index in [9.17, 15) is 29.8 Å². The van der Waals surface area contributed by atoms with Crippen molar-refractivity contribution in [2.75, 3.05) is 11.5 Å². The molecule has 8 rings (SSSR count). The van der Waals surface area contributed by atoms with Crippen molar-refractivity contribution >= 4 is 52.7 Å². The summed E-state index contributed by atoms with van der Waals surface area (Å²) in [6, 6.07) is 36.2. The molecular weight excluding hydrogens is 683 g/mol. The molecule has 11 heteroatoms. The zero-order chi connectivity index (χ0) is 37.3. The third-order valence-corrected chi connectivity index (χ3v) is 10.8. The van der Waals surface area contributed by atoms with Gasteiger partial charge in [0.15, 0.2) is 0 Å². The minimum atomic E-state index is -1.18. The standard InChI is InChI=1S/C43H37BN2O8/c47-38-20-18-29(34-16-7-8-17-35(34)38)22-28(27-10-3-1-4-11-27)19-21-39-40-30(26-53-33-14-5-2-6-15-33)23-36-41(37(40)25-44(50)54-39)43(49)45(42(36)48)31-12-9-13-32(24-31)46(51)52/h1-18,20,22,24,36-37,39,41,47,50H,19,21,23,25-26H2/b28-22-/t36-,37+,39-,41-/m1/s1. The monoisotopic (exact) mass is 720 g/mol. The number of nitro groups is 1. The molecule has 3 aliphatic rings. The number of hydrogen-bond acceptors (Lipinski definition) is 8. The number of carbonyl (C=O) groups is 2. The van der Waals surface area contributed by atoms with Gasteiger partial charge in [0.2, 0.25) is 11.8 Å². The molecule has 2 fully saturated rings. The van der Waals surface area contributed by atoms with Gasteiger partial charge in [-0.1, -0.05) is 91.0 Å². The number of allylic oxidation sites excluding steroid dienone is 1. The zero-order valence-corrected chi connectivity index (χ0v) is 29.3. The molecule has 10 nitrogen and oxygen atoms in total. The van der Waals surface area contributed by atoms with Crippen LogP contribution >= 0.6 is 0 Å². The summed E-state index contributed by atoms with van der Waals surface area (Å²) in [5, 5.41) is 35.0. The minimum absolute atomic E-state index is 0.116. The van der Waals surface area contributed by atoms with Gasteiger partial charge in [-0.2, -0.15) is 0 Å². The molecule has 2 N–H and O–H groups in total. The number of imide groups is 1. The second-order valence-electron chi connectivity index (χ2n) is 14.0. The van der Waals surface area contributed by atoms with Gasteiger partial charge in [0, 0.05) is 17.5 Å². The number of nitrogens with zero attached hydrogens (tertiary/aromatic N) is 2. The number of phenols is 1. The van der Waals surface area contributed by atoms with Crippen LogP contribution in [0.4, 0.5) is 11.4 Å². The van der Waals surface area contributed by atoms with Crippen molar-refractivity contribution < 1.29 is 34.0 Å². The van der Waals surface area contributed by atoms with Crippen LogP contribution in [0.1, 0.15) is 30.4 Å². The van der Waals surface area contributed by atoms with E-state index in [2.05, 4.69) is 6.08 Å². The van der Waals surface area contributed by atoms with E-state index in [1.807, 2.05) is 91.0 Å². The van der Waals surface area contributed by atoms with Crippen LogP contribution in [-0.2, 0) is 14.2 Å². The van der Waals surface area contributed by atoms with Crippen LogP contribution in [0.2, 0.25) is 6.32 Å². The van der Waals surface area contributed by atoms with E-state index >= 15 is 0 Å². The van der Waals surface area contributed by atoms with E-state index in [0.29, 0.717) is 18.6 Å². The third kappa shape index (κ3) is 6.68. The number of amides is 2. The molecule has 0 spiro atoms. The number of fused-ring (bicyclic) bond motifs is 4. The summed E-state index contributed by atoms with van der Waals surface area (Å²) in [7, 11) is -1.18. The van der Waals surface area contributed by atoms with Gasteiger partial charge >= 0.3 is 7.12 Å². The number of carbonyl (C=O) groups excluding carboxylic acids is 2. The lowest BCUT2D eigenvalue weighted by atomic mass is 9.58. The Bertz CT molecular complexity index is 2310. The van der Waals surface area contributed by atoms with E-state index in [0.717, 1.165) is 43.5 Å². The smallest absolute Gasteiger partial charge is 0.455 e. The molecule has 2 aliphatic heterocycles. The Balaban J connectivity index is 1.16. The van der Waals surface area contributed by atoms with E-state index in [1.165, 1.54) is 24.3 Å². The number of benzene rings is 5. The fourth-order valence-electron chi connectivity index (χ4n) is 8.44. The van der Waals surface area contributed by atoms with E-state index in [4.69, 9.17) is 9.39 Å². The van der Waals surface area contributed by atoms with Crippen LogP contribution < -0.4 is 9.64 Å². The number of ether oxygens (including phenoxy) is 1. The second kappa shape index (κ2) is 14.8. The molecule has 4 atom stereocenters. The van der Waals surface area contributed by atoms with Gasteiger partial charge in [0.25, 0.3) is 5.69 Å². The Morgan fingerprint density at radius 3 is 2.37 bits per heavy atom. The fraction of sp³-hybridized carbons (Fsp3) is 0.209. The van der Waals surface area contributed by atoms with Crippen molar-refractivity contribution in [3.8, 4) is 11.5 Å². The maximum Gasteiger partial charge on any atom is 0.455 e. The van der Waals surface area contributed by atoms with Crippen LogP contribution in [0.25, 0.3) is 22.4 Å². The van der Waals surface area contributed by atoms with Gasteiger partial charge in [-0.05, 0) is 89.0 Å². The van der Waals surface area contributed by atoms with Crippen LogP contribution in [0, 0.1) is 27.9 Å². The summed E-state index contributed by atoms with van der Waals surface area (Å²) in [5.41, 5.74) is 4.62. The molecule has 0 bridgehead atoms. The second-order valence-corrected chi connectivity index (χ2v) is 14.0. The number of phenolic OH excluding ortho intramolecular Hbond substituents is 1. The van der Waals surface area contributed by atoms with Crippen LogP contribution in [0.5, 0.6) is 11.5 Å². The molecule has 2 amide bonds. The molecular formula is C43H37BN2O8. The number of rotatable bonds is 10. The summed E-state index contributed by atoms with van der Waals surface area (Å²) in [6.07, 6.45) is 2.89. The number of aromatic hydroxyl groups is 1. The van der Waals surface area contributed by atoms with Crippen molar-refractivity contribution in [3.05, 3.63) is 154 Å². The maximum absolute atomic E-state index is 14.3. The SMILES string of the molecule is O=C1[C@@H]2[C@@H](CC(COc3ccccc3)=C3[C@@H](CC/C(=C/c4ccc(O)c5ccccc45)c4ccccc4)OB(O)C[C@@H]32)C(=O)N1c1cccc([N+](=O)[O-])c1. The Kier molecular flexibility index (Phi) is 9.58. The van der Waals surface area contributed by atoms with Crippen molar-refractivity contribution in [3.63, 3.8) is 0 Å².